The number of halogens is 1. The lowest BCUT2D eigenvalue weighted by Crippen LogP contribution is -2.39. The Balaban J connectivity index is 1.60. The van der Waals surface area contributed by atoms with E-state index in [0.717, 1.165) is 43.0 Å². The van der Waals surface area contributed by atoms with Gasteiger partial charge in [-0.2, -0.15) is 0 Å². The van der Waals surface area contributed by atoms with E-state index >= 15 is 0 Å². The average molecular weight is 320 g/mol. The highest BCUT2D eigenvalue weighted by atomic mass is 35.5. The quantitative estimate of drug-likeness (QED) is 0.810. The number of hydrogen-bond acceptors (Lipinski definition) is 6. The fraction of sp³-hybridized carbons (Fsp3) is 0.467. The van der Waals surface area contributed by atoms with Gasteiger partial charge >= 0.3 is 0 Å². The number of piperidine rings is 1. The Bertz CT molecular complexity index is 641. The Hall–Kier alpha value is -1.95. The second-order valence-electron chi connectivity index (χ2n) is 5.41. The Morgan fingerprint density at radius 3 is 2.55 bits per heavy atom. The van der Waals surface area contributed by atoms with Crippen molar-refractivity contribution in [2.75, 3.05) is 18.0 Å². The molecule has 0 spiro atoms. The van der Waals surface area contributed by atoms with E-state index in [2.05, 4.69) is 24.8 Å². The van der Waals surface area contributed by atoms with Gasteiger partial charge in [-0.1, -0.05) is 11.6 Å². The molecular formula is C15H18ClN5O. The van der Waals surface area contributed by atoms with Crippen LogP contribution in [-0.2, 0) is 0 Å². The molecule has 2 aromatic heterocycles. The van der Waals surface area contributed by atoms with E-state index in [4.69, 9.17) is 16.3 Å². The van der Waals surface area contributed by atoms with Crippen LogP contribution in [0.4, 0.5) is 5.82 Å². The summed E-state index contributed by atoms with van der Waals surface area (Å²) in [5, 5.41) is 0.442. The molecule has 7 heteroatoms. The summed E-state index contributed by atoms with van der Waals surface area (Å²) >= 11 is 5.99. The molecular weight excluding hydrogens is 302 g/mol. The second-order valence-corrected chi connectivity index (χ2v) is 5.77. The molecule has 116 valence electrons. The van der Waals surface area contributed by atoms with Crippen molar-refractivity contribution in [3.63, 3.8) is 0 Å². The molecule has 0 unspecified atom stereocenters. The first-order valence-electron chi connectivity index (χ1n) is 7.31. The van der Waals surface area contributed by atoms with E-state index in [9.17, 15) is 0 Å². The van der Waals surface area contributed by atoms with Gasteiger partial charge in [0.05, 0.1) is 18.1 Å². The number of anilines is 1. The van der Waals surface area contributed by atoms with Crippen molar-refractivity contribution in [1.29, 1.82) is 0 Å². The lowest BCUT2D eigenvalue weighted by molar-refractivity contribution is 0.162. The van der Waals surface area contributed by atoms with Gasteiger partial charge in [0.25, 0.3) is 0 Å². The van der Waals surface area contributed by atoms with Gasteiger partial charge < -0.3 is 9.64 Å². The first-order chi connectivity index (χ1) is 10.6. The van der Waals surface area contributed by atoms with Crippen molar-refractivity contribution < 1.29 is 4.74 Å². The molecule has 3 heterocycles. The minimum atomic E-state index is 0.138. The molecule has 1 fully saturated rings. The highest BCUT2D eigenvalue weighted by Crippen LogP contribution is 2.25. The molecule has 3 rings (SSSR count). The topological polar surface area (TPSA) is 64.0 Å². The summed E-state index contributed by atoms with van der Waals surface area (Å²) in [5.41, 5.74) is 1.72. The lowest BCUT2D eigenvalue weighted by Gasteiger charge is -2.32. The molecule has 2 aromatic rings. The summed E-state index contributed by atoms with van der Waals surface area (Å²) in [4.78, 5) is 19.1. The fourth-order valence-corrected chi connectivity index (χ4v) is 2.57. The maximum absolute atomic E-state index is 5.99. The molecule has 0 radical (unpaired) electrons. The van der Waals surface area contributed by atoms with Gasteiger partial charge in [0, 0.05) is 31.5 Å². The standard InChI is InChI=1S/C15H18ClN5O/c1-10-7-18-13(8-17-10)21-5-3-12(4-6-21)22-15-11(2)14(16)19-9-20-15/h7-9,12H,3-6H2,1-2H3. The number of nitrogens with zero attached hydrogens (tertiary/aromatic N) is 5. The molecule has 22 heavy (non-hydrogen) atoms. The summed E-state index contributed by atoms with van der Waals surface area (Å²) in [7, 11) is 0. The molecule has 0 bridgehead atoms. The van der Waals surface area contributed by atoms with E-state index in [1.165, 1.54) is 6.33 Å². The first kappa shape index (κ1) is 15.0. The van der Waals surface area contributed by atoms with Gasteiger partial charge in [0.1, 0.15) is 23.4 Å². The van der Waals surface area contributed by atoms with Gasteiger partial charge in [-0.15, -0.1) is 0 Å². The summed E-state index contributed by atoms with van der Waals surface area (Å²) in [6.45, 7) is 5.58. The zero-order valence-electron chi connectivity index (χ0n) is 12.7. The Labute approximate surface area is 134 Å². The monoisotopic (exact) mass is 319 g/mol. The van der Waals surface area contributed by atoms with Crippen LogP contribution in [0, 0.1) is 13.8 Å². The predicted molar refractivity (Wildman–Crippen MR) is 84.4 cm³/mol. The SMILES string of the molecule is Cc1cnc(N2CCC(Oc3ncnc(Cl)c3C)CC2)cn1. The van der Waals surface area contributed by atoms with Crippen molar-refractivity contribution >= 4 is 17.4 Å². The number of rotatable bonds is 3. The van der Waals surface area contributed by atoms with Gasteiger partial charge in [-0.05, 0) is 13.8 Å². The Morgan fingerprint density at radius 1 is 1.09 bits per heavy atom. The van der Waals surface area contributed by atoms with Crippen molar-refractivity contribution in [1.82, 2.24) is 19.9 Å². The van der Waals surface area contributed by atoms with Crippen LogP contribution in [0.25, 0.3) is 0 Å². The van der Waals surface area contributed by atoms with Crippen LogP contribution < -0.4 is 9.64 Å². The molecule has 1 aliphatic rings. The molecule has 1 aliphatic heterocycles. The molecule has 6 nitrogen and oxygen atoms in total. The van der Waals surface area contributed by atoms with Crippen LogP contribution in [0.2, 0.25) is 5.15 Å². The second kappa shape index (κ2) is 6.44. The minimum Gasteiger partial charge on any atom is -0.474 e. The molecule has 0 saturated carbocycles. The van der Waals surface area contributed by atoms with E-state index in [1.54, 1.807) is 6.20 Å². The van der Waals surface area contributed by atoms with Gasteiger partial charge in [-0.25, -0.2) is 15.0 Å². The minimum absolute atomic E-state index is 0.138. The van der Waals surface area contributed by atoms with Crippen molar-refractivity contribution in [3.8, 4) is 5.88 Å². The van der Waals surface area contributed by atoms with Gasteiger partial charge in [0.15, 0.2) is 0 Å². The predicted octanol–water partition coefficient (Wildman–Crippen LogP) is 2.58. The largest absolute Gasteiger partial charge is 0.474 e. The van der Waals surface area contributed by atoms with E-state index in [0.29, 0.717) is 11.0 Å². The molecule has 1 saturated heterocycles. The summed E-state index contributed by atoms with van der Waals surface area (Å²) in [6, 6.07) is 0. The smallest absolute Gasteiger partial charge is 0.221 e. The van der Waals surface area contributed by atoms with E-state index < -0.39 is 0 Å². The number of aryl methyl sites for hydroxylation is 1. The Kier molecular flexibility index (Phi) is 4.38. The maximum atomic E-state index is 5.99. The maximum Gasteiger partial charge on any atom is 0.221 e. The highest BCUT2D eigenvalue weighted by Gasteiger charge is 2.23. The molecule has 0 atom stereocenters. The molecule has 0 amide bonds. The number of aromatic nitrogens is 4. The van der Waals surface area contributed by atoms with Crippen LogP contribution in [-0.4, -0.2) is 39.1 Å². The van der Waals surface area contributed by atoms with E-state index in [1.807, 2.05) is 20.0 Å². The van der Waals surface area contributed by atoms with Crippen molar-refractivity contribution in [2.45, 2.75) is 32.8 Å². The number of ether oxygens (including phenoxy) is 1. The zero-order chi connectivity index (χ0) is 15.5. The summed E-state index contributed by atoms with van der Waals surface area (Å²) in [6.07, 6.45) is 7.02. The van der Waals surface area contributed by atoms with Crippen LogP contribution in [0.5, 0.6) is 5.88 Å². The third-order valence-electron chi connectivity index (χ3n) is 3.79. The third kappa shape index (κ3) is 3.27. The van der Waals surface area contributed by atoms with Crippen LogP contribution in [0.3, 0.4) is 0 Å². The summed E-state index contributed by atoms with van der Waals surface area (Å²) in [5.74, 6) is 1.50. The summed E-state index contributed by atoms with van der Waals surface area (Å²) < 4.78 is 5.97. The average Bonchev–Trinajstić information content (AvgIpc) is 2.53. The zero-order valence-corrected chi connectivity index (χ0v) is 13.4. The number of hydrogen-bond donors (Lipinski definition) is 0. The lowest BCUT2D eigenvalue weighted by atomic mass is 10.1. The molecule has 0 N–H and O–H groups in total. The van der Waals surface area contributed by atoms with Gasteiger partial charge in [-0.3, -0.25) is 4.98 Å². The third-order valence-corrected chi connectivity index (χ3v) is 4.17. The van der Waals surface area contributed by atoms with Crippen molar-refractivity contribution in [2.24, 2.45) is 0 Å². The van der Waals surface area contributed by atoms with E-state index in [-0.39, 0.29) is 6.10 Å². The Morgan fingerprint density at radius 2 is 1.86 bits per heavy atom. The van der Waals surface area contributed by atoms with Gasteiger partial charge in [0.2, 0.25) is 5.88 Å². The normalized spacial score (nSPS) is 15.9. The highest BCUT2D eigenvalue weighted by molar-refractivity contribution is 6.30. The fourth-order valence-electron chi connectivity index (χ4n) is 2.44. The van der Waals surface area contributed by atoms with Crippen LogP contribution >= 0.6 is 11.6 Å². The van der Waals surface area contributed by atoms with Crippen molar-refractivity contribution in [3.05, 3.63) is 35.1 Å². The molecule has 0 aromatic carbocycles. The molecule has 0 aliphatic carbocycles. The van der Waals surface area contributed by atoms with Crippen LogP contribution in [0.15, 0.2) is 18.7 Å². The first-order valence-corrected chi connectivity index (χ1v) is 7.68. The van der Waals surface area contributed by atoms with Crippen LogP contribution in [0.1, 0.15) is 24.1 Å².